The van der Waals surface area contributed by atoms with E-state index in [1.807, 2.05) is 30.3 Å². The number of rotatable bonds is 7. The summed E-state index contributed by atoms with van der Waals surface area (Å²) in [6.45, 7) is 2.77. The summed E-state index contributed by atoms with van der Waals surface area (Å²) >= 11 is 0. The Morgan fingerprint density at radius 2 is 1.76 bits per heavy atom. The van der Waals surface area contributed by atoms with Crippen molar-refractivity contribution in [2.75, 3.05) is 7.11 Å². The number of methoxy groups -OCH3 is 1. The third kappa shape index (κ3) is 5.38. The summed E-state index contributed by atoms with van der Waals surface area (Å²) in [5, 5.41) is 0. The van der Waals surface area contributed by atoms with Gasteiger partial charge >= 0.3 is 11.9 Å². The molecule has 0 aliphatic heterocycles. The first-order valence-corrected chi connectivity index (χ1v) is 6.71. The Balaban J connectivity index is 2.80. The van der Waals surface area contributed by atoms with Crippen LogP contribution in [0.5, 0.6) is 0 Å². The number of Topliss-reactive ketones (excluding diaryl/α,β-unsaturated/α-hetero) is 1. The van der Waals surface area contributed by atoms with Gasteiger partial charge in [-0.2, -0.15) is 0 Å². The molecule has 1 rings (SSSR count). The minimum absolute atomic E-state index is 0.312. The number of carbonyl (C=O) groups excluding carboxylic acids is 3. The third-order valence-electron chi connectivity index (χ3n) is 3.22. The van der Waals surface area contributed by atoms with Crippen LogP contribution in [-0.4, -0.2) is 30.4 Å². The molecule has 1 unspecified atom stereocenters. The van der Waals surface area contributed by atoms with E-state index in [0.29, 0.717) is 12.8 Å². The predicted octanol–water partition coefficient (Wildman–Crippen LogP) is 2.07. The fraction of sp³-hybridized carbons (Fsp3) is 0.438. The molecule has 0 N–H and O–H groups in total. The largest absolute Gasteiger partial charge is 0.469 e. The number of ether oxygens (including phenoxy) is 2. The molecule has 21 heavy (non-hydrogen) atoms. The van der Waals surface area contributed by atoms with E-state index in [2.05, 4.69) is 4.74 Å². The smallest absolute Gasteiger partial charge is 0.313 e. The zero-order valence-corrected chi connectivity index (χ0v) is 12.5. The predicted molar refractivity (Wildman–Crippen MR) is 76.6 cm³/mol. The lowest BCUT2D eigenvalue weighted by Crippen LogP contribution is -2.41. The topological polar surface area (TPSA) is 69.7 Å². The summed E-state index contributed by atoms with van der Waals surface area (Å²) in [6, 6.07) is 9.55. The maximum Gasteiger partial charge on any atom is 0.313 e. The van der Waals surface area contributed by atoms with Gasteiger partial charge in [0.05, 0.1) is 7.11 Å². The Hall–Kier alpha value is -2.17. The van der Waals surface area contributed by atoms with Crippen LogP contribution in [0.15, 0.2) is 30.3 Å². The summed E-state index contributed by atoms with van der Waals surface area (Å²) in [4.78, 5) is 34.7. The highest BCUT2D eigenvalue weighted by Crippen LogP contribution is 2.22. The van der Waals surface area contributed by atoms with Crippen molar-refractivity contribution in [3.8, 4) is 0 Å². The van der Waals surface area contributed by atoms with Gasteiger partial charge in [0, 0.05) is 6.92 Å². The molecular weight excluding hydrogens is 272 g/mol. The van der Waals surface area contributed by atoms with E-state index in [1.165, 1.54) is 21.0 Å². The quantitative estimate of drug-likeness (QED) is 0.568. The number of hydrogen-bond acceptors (Lipinski definition) is 5. The number of ketones is 1. The average molecular weight is 292 g/mol. The second-order valence-corrected chi connectivity index (χ2v) is 4.99. The molecule has 1 aromatic rings. The van der Waals surface area contributed by atoms with Crippen LogP contribution in [0.4, 0.5) is 0 Å². The summed E-state index contributed by atoms with van der Waals surface area (Å²) in [5.41, 5.74) is -0.294. The molecule has 0 fully saturated rings. The lowest BCUT2D eigenvalue weighted by molar-refractivity contribution is -0.166. The lowest BCUT2D eigenvalue weighted by Gasteiger charge is -2.27. The molecule has 0 saturated carbocycles. The van der Waals surface area contributed by atoms with Crippen molar-refractivity contribution < 1.29 is 23.9 Å². The van der Waals surface area contributed by atoms with Gasteiger partial charge in [-0.15, -0.1) is 0 Å². The van der Waals surface area contributed by atoms with E-state index in [1.54, 1.807) is 0 Å². The second kappa shape index (κ2) is 7.57. The molecule has 0 aliphatic carbocycles. The second-order valence-electron chi connectivity index (χ2n) is 4.99. The minimum Gasteiger partial charge on any atom is -0.469 e. The van der Waals surface area contributed by atoms with Crippen LogP contribution in [-0.2, 0) is 30.3 Å². The van der Waals surface area contributed by atoms with E-state index in [0.717, 1.165) is 5.56 Å². The van der Waals surface area contributed by atoms with Crippen molar-refractivity contribution in [1.29, 1.82) is 0 Å². The molecule has 0 amide bonds. The maximum atomic E-state index is 12.2. The summed E-state index contributed by atoms with van der Waals surface area (Å²) in [7, 11) is 1.21. The Morgan fingerprint density at radius 3 is 2.29 bits per heavy atom. The minimum atomic E-state index is -1.32. The van der Waals surface area contributed by atoms with Crippen molar-refractivity contribution >= 4 is 17.7 Å². The van der Waals surface area contributed by atoms with E-state index < -0.39 is 29.7 Å². The van der Waals surface area contributed by atoms with E-state index in [9.17, 15) is 14.4 Å². The van der Waals surface area contributed by atoms with Gasteiger partial charge in [-0.25, -0.2) is 0 Å². The molecule has 1 aromatic carbocycles. The summed E-state index contributed by atoms with van der Waals surface area (Å²) in [6.07, 6.45) is 0.471. The molecule has 5 heteroatoms. The van der Waals surface area contributed by atoms with Gasteiger partial charge in [-0.3, -0.25) is 14.4 Å². The molecule has 0 saturated heterocycles. The van der Waals surface area contributed by atoms with Crippen LogP contribution in [0.1, 0.15) is 32.3 Å². The number of hydrogen-bond donors (Lipinski definition) is 0. The Bertz CT molecular complexity index is 509. The van der Waals surface area contributed by atoms with Crippen molar-refractivity contribution in [2.24, 2.45) is 0 Å². The number of aryl methyl sites for hydroxylation is 1. The van der Waals surface area contributed by atoms with Crippen molar-refractivity contribution in [3.63, 3.8) is 0 Å². The van der Waals surface area contributed by atoms with Crippen LogP contribution in [0.3, 0.4) is 0 Å². The molecule has 0 aromatic heterocycles. The van der Waals surface area contributed by atoms with Gasteiger partial charge < -0.3 is 9.47 Å². The van der Waals surface area contributed by atoms with Gasteiger partial charge in [0.15, 0.2) is 11.4 Å². The van der Waals surface area contributed by atoms with Gasteiger partial charge in [-0.1, -0.05) is 30.3 Å². The van der Waals surface area contributed by atoms with Gasteiger partial charge in [0.25, 0.3) is 0 Å². The molecule has 114 valence electrons. The van der Waals surface area contributed by atoms with Crippen LogP contribution in [0.25, 0.3) is 0 Å². The molecule has 0 radical (unpaired) electrons. The van der Waals surface area contributed by atoms with Crippen molar-refractivity contribution in [1.82, 2.24) is 0 Å². The Labute approximate surface area is 124 Å². The summed E-state index contributed by atoms with van der Waals surface area (Å²) < 4.78 is 9.65. The number of carbonyl (C=O) groups is 3. The highest BCUT2D eigenvalue weighted by atomic mass is 16.6. The van der Waals surface area contributed by atoms with Crippen LogP contribution in [0, 0.1) is 0 Å². The molecule has 1 atom stereocenters. The maximum absolute atomic E-state index is 12.2. The molecule has 0 aliphatic rings. The first-order valence-electron chi connectivity index (χ1n) is 6.71. The molecule has 5 nitrogen and oxygen atoms in total. The third-order valence-corrected chi connectivity index (χ3v) is 3.22. The Kier molecular flexibility index (Phi) is 6.09. The highest BCUT2D eigenvalue weighted by molar-refractivity contribution is 6.00. The van der Waals surface area contributed by atoms with Crippen molar-refractivity contribution in [3.05, 3.63) is 35.9 Å². The van der Waals surface area contributed by atoms with E-state index in [-0.39, 0.29) is 0 Å². The van der Waals surface area contributed by atoms with Crippen LogP contribution in [0.2, 0.25) is 0 Å². The van der Waals surface area contributed by atoms with Crippen LogP contribution < -0.4 is 0 Å². The van der Waals surface area contributed by atoms with Gasteiger partial charge in [0.1, 0.15) is 6.42 Å². The van der Waals surface area contributed by atoms with Crippen molar-refractivity contribution in [2.45, 2.75) is 38.7 Å². The lowest BCUT2D eigenvalue weighted by atomic mass is 9.90. The fourth-order valence-corrected chi connectivity index (χ4v) is 1.98. The van der Waals surface area contributed by atoms with Gasteiger partial charge in [-0.05, 0) is 25.3 Å². The standard InChI is InChI=1S/C16H20O5/c1-12(17)21-16(2,14(18)11-15(19)20-3)10-9-13-7-5-4-6-8-13/h4-8H,9-11H2,1-3H3. The average Bonchev–Trinajstić information content (AvgIpc) is 2.45. The molecular formula is C16H20O5. The Morgan fingerprint density at radius 1 is 1.14 bits per heavy atom. The zero-order chi connectivity index (χ0) is 15.9. The molecule has 0 bridgehead atoms. The zero-order valence-electron chi connectivity index (χ0n) is 12.5. The summed E-state index contributed by atoms with van der Waals surface area (Å²) in [5.74, 6) is -1.65. The highest BCUT2D eigenvalue weighted by Gasteiger charge is 2.37. The molecule has 0 spiro atoms. The van der Waals surface area contributed by atoms with Gasteiger partial charge in [0.2, 0.25) is 0 Å². The number of benzene rings is 1. The number of esters is 2. The van der Waals surface area contributed by atoms with Crippen LogP contribution >= 0.6 is 0 Å². The van der Waals surface area contributed by atoms with E-state index in [4.69, 9.17) is 4.74 Å². The fourth-order valence-electron chi connectivity index (χ4n) is 1.98. The SMILES string of the molecule is COC(=O)CC(=O)C(C)(CCc1ccccc1)OC(C)=O. The first-order chi connectivity index (χ1) is 9.87. The van der Waals surface area contributed by atoms with E-state index >= 15 is 0 Å². The first kappa shape index (κ1) is 16.9. The monoisotopic (exact) mass is 292 g/mol. The molecule has 0 heterocycles. The normalized spacial score (nSPS) is 13.1.